The first-order chi connectivity index (χ1) is 12.1. The molecular weight excluding hydrogens is 329 g/mol. The molecule has 6 nitrogen and oxygen atoms in total. The van der Waals surface area contributed by atoms with Gasteiger partial charge in [-0.15, -0.1) is 0 Å². The summed E-state index contributed by atoms with van der Waals surface area (Å²) in [5, 5.41) is 19.4. The molecule has 140 valence electrons. The van der Waals surface area contributed by atoms with Crippen molar-refractivity contribution in [1.29, 1.82) is 5.26 Å². The van der Waals surface area contributed by atoms with Crippen LogP contribution in [0.25, 0.3) is 0 Å². The van der Waals surface area contributed by atoms with Crippen molar-refractivity contribution in [2.24, 2.45) is 0 Å². The zero-order chi connectivity index (χ0) is 19.1. The van der Waals surface area contributed by atoms with E-state index in [4.69, 9.17) is 9.31 Å². The van der Waals surface area contributed by atoms with Gasteiger partial charge in [0.25, 0.3) is 0 Å². The maximum Gasteiger partial charge on any atom is 0.494 e. The van der Waals surface area contributed by atoms with Crippen molar-refractivity contribution in [3.8, 4) is 6.07 Å². The van der Waals surface area contributed by atoms with Crippen molar-refractivity contribution in [3.05, 3.63) is 23.8 Å². The zero-order valence-corrected chi connectivity index (χ0v) is 16.3. The van der Waals surface area contributed by atoms with Gasteiger partial charge in [0.05, 0.1) is 22.5 Å². The summed E-state index contributed by atoms with van der Waals surface area (Å²) < 4.78 is 12.2. The molecule has 0 radical (unpaired) electrons. The summed E-state index contributed by atoms with van der Waals surface area (Å²) in [5.41, 5.74) is 1.62. The first-order valence-electron chi connectivity index (χ1n) is 9.21. The predicted octanol–water partition coefficient (Wildman–Crippen LogP) is 1.32. The second kappa shape index (κ2) is 6.86. The highest BCUT2D eigenvalue weighted by Gasteiger charge is 2.51. The molecule has 7 heteroatoms. The lowest BCUT2D eigenvalue weighted by molar-refractivity contribution is 0.00578. The van der Waals surface area contributed by atoms with Gasteiger partial charge in [-0.2, -0.15) is 5.26 Å². The van der Waals surface area contributed by atoms with Crippen molar-refractivity contribution in [3.63, 3.8) is 0 Å². The van der Waals surface area contributed by atoms with E-state index in [1.165, 1.54) is 0 Å². The van der Waals surface area contributed by atoms with E-state index in [9.17, 15) is 10.4 Å². The number of nitrogens with zero attached hydrogens (tertiary/aromatic N) is 3. The Morgan fingerprint density at radius 3 is 2.19 bits per heavy atom. The van der Waals surface area contributed by atoms with E-state index in [0.29, 0.717) is 5.56 Å². The van der Waals surface area contributed by atoms with E-state index in [1.54, 1.807) is 6.92 Å². The minimum Gasteiger partial charge on any atom is -0.399 e. The summed E-state index contributed by atoms with van der Waals surface area (Å²) in [7, 11) is -0.465. The van der Waals surface area contributed by atoms with Crippen LogP contribution in [0.2, 0.25) is 0 Å². The molecule has 2 saturated heterocycles. The van der Waals surface area contributed by atoms with Gasteiger partial charge in [0.1, 0.15) is 12.3 Å². The molecule has 2 heterocycles. The molecule has 0 amide bonds. The molecule has 1 aromatic carbocycles. The fraction of sp³-hybridized carbons (Fsp3) is 0.632. The van der Waals surface area contributed by atoms with Crippen LogP contribution in [0, 0.1) is 11.3 Å². The van der Waals surface area contributed by atoms with Gasteiger partial charge in [-0.1, -0.05) is 6.07 Å². The first-order valence-corrected chi connectivity index (χ1v) is 9.21. The Kier molecular flexibility index (Phi) is 5.06. The van der Waals surface area contributed by atoms with Gasteiger partial charge in [-0.3, -0.25) is 4.90 Å². The number of hydrogen-bond acceptors (Lipinski definition) is 6. The number of nitriles is 1. The molecule has 1 atom stereocenters. The normalized spacial score (nSPS) is 23.7. The van der Waals surface area contributed by atoms with Crippen LogP contribution in [0.15, 0.2) is 18.2 Å². The van der Waals surface area contributed by atoms with Crippen LogP contribution in [0.5, 0.6) is 0 Å². The molecule has 0 saturated carbocycles. The minimum atomic E-state index is -0.465. The van der Waals surface area contributed by atoms with Crippen molar-refractivity contribution < 1.29 is 14.4 Å². The van der Waals surface area contributed by atoms with Crippen LogP contribution in [-0.4, -0.2) is 60.7 Å². The topological polar surface area (TPSA) is 69.0 Å². The predicted molar refractivity (Wildman–Crippen MR) is 102 cm³/mol. The van der Waals surface area contributed by atoms with Crippen LogP contribution in [0.3, 0.4) is 0 Å². The summed E-state index contributed by atoms with van der Waals surface area (Å²) in [6.45, 7) is 13.0. The Morgan fingerprint density at radius 2 is 1.69 bits per heavy atom. The molecule has 0 spiro atoms. The number of anilines is 1. The maximum absolute atomic E-state index is 9.70. The summed E-state index contributed by atoms with van der Waals surface area (Å²) in [6.07, 6.45) is -0.432. The summed E-state index contributed by atoms with van der Waals surface area (Å²) in [6, 6.07) is 8.16. The Morgan fingerprint density at radius 1 is 1.12 bits per heavy atom. The third-order valence-corrected chi connectivity index (χ3v) is 5.85. The van der Waals surface area contributed by atoms with Gasteiger partial charge in [0, 0.05) is 26.2 Å². The summed E-state index contributed by atoms with van der Waals surface area (Å²) in [5.74, 6) is 0. The molecule has 2 fully saturated rings. The van der Waals surface area contributed by atoms with Gasteiger partial charge in [-0.25, -0.2) is 0 Å². The molecule has 0 aliphatic carbocycles. The Bertz CT molecular complexity index is 690. The van der Waals surface area contributed by atoms with Gasteiger partial charge in [0.15, 0.2) is 0 Å². The highest BCUT2D eigenvalue weighted by Crippen LogP contribution is 2.36. The molecular formula is C19H28BN3O3. The van der Waals surface area contributed by atoms with Crippen LogP contribution in [0.1, 0.15) is 40.2 Å². The average molecular weight is 357 g/mol. The van der Waals surface area contributed by atoms with Crippen molar-refractivity contribution in [2.75, 3.05) is 31.1 Å². The summed E-state index contributed by atoms with van der Waals surface area (Å²) >= 11 is 0. The van der Waals surface area contributed by atoms with Crippen LogP contribution in [0.4, 0.5) is 5.69 Å². The van der Waals surface area contributed by atoms with Gasteiger partial charge < -0.3 is 19.3 Å². The van der Waals surface area contributed by atoms with E-state index >= 15 is 0 Å². The van der Waals surface area contributed by atoms with E-state index in [0.717, 1.165) is 37.3 Å². The summed E-state index contributed by atoms with van der Waals surface area (Å²) in [4.78, 5) is 4.23. The molecule has 0 bridgehead atoms. The molecule has 1 unspecified atom stereocenters. The number of aliphatic hydroxyl groups excluding tert-OH is 1. The second-order valence-electron chi connectivity index (χ2n) is 8.13. The Labute approximate surface area is 156 Å². The molecule has 3 rings (SSSR count). The van der Waals surface area contributed by atoms with E-state index < -0.39 is 24.5 Å². The van der Waals surface area contributed by atoms with E-state index in [-0.39, 0.29) is 0 Å². The van der Waals surface area contributed by atoms with Crippen molar-refractivity contribution >= 4 is 18.3 Å². The van der Waals surface area contributed by atoms with Crippen molar-refractivity contribution in [2.45, 2.75) is 52.0 Å². The standard InChI is InChI=1S/C19H28BN3O3/c1-14(24)22-8-10-23(11-9-22)17-7-6-16(12-15(17)13-21)20-25-18(2,3)19(4,5)26-20/h6-7,12,14,24H,8-11H2,1-5H3. The smallest absolute Gasteiger partial charge is 0.399 e. The third kappa shape index (κ3) is 3.47. The molecule has 0 aromatic heterocycles. The number of aliphatic hydroxyl groups is 1. The molecule has 2 aliphatic heterocycles. The van der Waals surface area contributed by atoms with Gasteiger partial charge in [-0.05, 0) is 52.2 Å². The third-order valence-electron chi connectivity index (χ3n) is 5.85. The van der Waals surface area contributed by atoms with E-state index in [2.05, 4.69) is 11.0 Å². The van der Waals surface area contributed by atoms with Crippen LogP contribution in [-0.2, 0) is 9.31 Å². The fourth-order valence-electron chi connectivity index (χ4n) is 3.38. The number of rotatable bonds is 3. The lowest BCUT2D eigenvalue weighted by Gasteiger charge is -2.37. The Hall–Kier alpha value is -1.59. The lowest BCUT2D eigenvalue weighted by Crippen LogP contribution is -2.49. The minimum absolute atomic E-state index is 0.402. The highest BCUT2D eigenvalue weighted by molar-refractivity contribution is 6.62. The van der Waals surface area contributed by atoms with E-state index in [1.807, 2.05) is 50.8 Å². The second-order valence-corrected chi connectivity index (χ2v) is 8.13. The van der Waals surface area contributed by atoms with Crippen LogP contribution < -0.4 is 10.4 Å². The lowest BCUT2D eigenvalue weighted by atomic mass is 9.78. The molecule has 1 N–H and O–H groups in total. The SMILES string of the molecule is CC(O)N1CCN(c2ccc(B3OC(C)(C)C(C)(C)O3)cc2C#N)CC1. The molecule has 1 aromatic rings. The average Bonchev–Trinajstić information content (AvgIpc) is 2.82. The largest absolute Gasteiger partial charge is 0.494 e. The fourth-order valence-corrected chi connectivity index (χ4v) is 3.38. The number of piperazine rings is 1. The monoisotopic (exact) mass is 357 g/mol. The van der Waals surface area contributed by atoms with Crippen molar-refractivity contribution in [1.82, 2.24) is 4.90 Å². The highest BCUT2D eigenvalue weighted by atomic mass is 16.7. The number of benzene rings is 1. The number of hydrogen-bond donors (Lipinski definition) is 1. The quantitative estimate of drug-likeness (QED) is 0.823. The van der Waals surface area contributed by atoms with Gasteiger partial charge >= 0.3 is 7.12 Å². The maximum atomic E-state index is 9.70. The Balaban J connectivity index is 1.79. The molecule has 26 heavy (non-hydrogen) atoms. The van der Waals surface area contributed by atoms with Gasteiger partial charge in [0.2, 0.25) is 0 Å². The molecule has 2 aliphatic rings. The van der Waals surface area contributed by atoms with Crippen LogP contribution >= 0.6 is 0 Å². The zero-order valence-electron chi connectivity index (χ0n) is 16.3. The first kappa shape index (κ1) is 19.2.